The summed E-state index contributed by atoms with van der Waals surface area (Å²) in [4.78, 5) is 12.0. The third-order valence-electron chi connectivity index (χ3n) is 10.0. The standard InChI is InChI=1S/C51H38O9S2/c1-34-3-7-36(8-4-34)37-15-23-45(24-16-37)60-49-33-46(27-32-50(49)61(53,54)47-28-30-48(31-29-47)62(55,56)57)59-44-21-13-39(14-22-44)38-11-19-42(20-12-38)58-43-25-17-41(18-26-43)51(52)40-9-5-35(2)6-10-40/h3-33H,1-2H3,(H,55,56,57). The molecule has 0 amide bonds. The van der Waals surface area contributed by atoms with Crippen LogP contribution in [0.25, 0.3) is 22.3 Å². The molecular weight excluding hydrogens is 821 g/mol. The summed E-state index contributed by atoms with van der Waals surface area (Å²) in [5, 5.41) is 0. The summed E-state index contributed by atoms with van der Waals surface area (Å²) >= 11 is 0. The second kappa shape index (κ2) is 17.3. The minimum absolute atomic E-state index is 0.0185. The number of sulfone groups is 1. The highest BCUT2D eigenvalue weighted by molar-refractivity contribution is 7.91. The molecule has 62 heavy (non-hydrogen) atoms. The van der Waals surface area contributed by atoms with Crippen LogP contribution in [0.15, 0.2) is 203 Å². The Hall–Kier alpha value is -7.31. The number of rotatable bonds is 13. The molecule has 0 bridgehead atoms. The van der Waals surface area contributed by atoms with E-state index in [9.17, 15) is 26.2 Å². The molecule has 0 heterocycles. The predicted molar refractivity (Wildman–Crippen MR) is 238 cm³/mol. The lowest BCUT2D eigenvalue weighted by atomic mass is 10.0. The van der Waals surface area contributed by atoms with E-state index in [4.69, 9.17) is 14.2 Å². The zero-order valence-electron chi connectivity index (χ0n) is 33.4. The maximum Gasteiger partial charge on any atom is 0.294 e. The number of carbonyl (C=O) groups excluding carboxylic acids is 1. The monoisotopic (exact) mass is 858 g/mol. The number of benzene rings is 8. The van der Waals surface area contributed by atoms with Crippen molar-refractivity contribution in [3.05, 3.63) is 210 Å². The van der Waals surface area contributed by atoms with E-state index < -0.39 is 24.9 Å². The molecule has 0 radical (unpaired) electrons. The van der Waals surface area contributed by atoms with Crippen LogP contribution >= 0.6 is 0 Å². The van der Waals surface area contributed by atoms with Crippen molar-refractivity contribution < 1.29 is 40.4 Å². The molecule has 0 saturated carbocycles. The van der Waals surface area contributed by atoms with Crippen molar-refractivity contribution in [2.24, 2.45) is 0 Å². The van der Waals surface area contributed by atoms with Gasteiger partial charge in [0.05, 0.1) is 9.79 Å². The van der Waals surface area contributed by atoms with E-state index in [2.05, 4.69) is 0 Å². The largest absolute Gasteiger partial charge is 0.457 e. The first kappa shape index (κ1) is 41.4. The van der Waals surface area contributed by atoms with Crippen LogP contribution in [0.4, 0.5) is 0 Å². The molecule has 0 saturated heterocycles. The van der Waals surface area contributed by atoms with Gasteiger partial charge in [-0.05, 0) is 133 Å². The number of carbonyl (C=O) groups is 1. The van der Waals surface area contributed by atoms with Crippen molar-refractivity contribution in [2.75, 3.05) is 0 Å². The molecule has 0 spiro atoms. The number of ketones is 1. The molecule has 0 aliphatic carbocycles. The molecular formula is C51H38O9S2. The molecule has 0 aliphatic heterocycles. The lowest BCUT2D eigenvalue weighted by Crippen LogP contribution is -2.05. The average Bonchev–Trinajstić information content (AvgIpc) is 3.28. The summed E-state index contributed by atoms with van der Waals surface area (Å²) in [5.74, 6) is 2.33. The molecule has 0 aliphatic rings. The van der Waals surface area contributed by atoms with Gasteiger partial charge in [-0.2, -0.15) is 8.42 Å². The second-order valence-corrected chi connectivity index (χ2v) is 17.9. The van der Waals surface area contributed by atoms with Crippen molar-refractivity contribution in [2.45, 2.75) is 28.5 Å². The number of hydrogen-bond donors (Lipinski definition) is 1. The molecule has 8 aromatic rings. The van der Waals surface area contributed by atoms with E-state index >= 15 is 0 Å². The molecule has 0 atom stereocenters. The highest BCUT2D eigenvalue weighted by Crippen LogP contribution is 2.38. The smallest absolute Gasteiger partial charge is 0.294 e. The van der Waals surface area contributed by atoms with E-state index in [1.807, 2.05) is 111 Å². The van der Waals surface area contributed by atoms with Gasteiger partial charge in [0.25, 0.3) is 10.1 Å². The van der Waals surface area contributed by atoms with E-state index in [1.165, 1.54) is 18.2 Å². The summed E-state index contributed by atoms with van der Waals surface area (Å²) < 4.78 is 79.0. The van der Waals surface area contributed by atoms with Crippen molar-refractivity contribution in [1.82, 2.24) is 0 Å². The second-order valence-electron chi connectivity index (χ2n) is 14.5. The Bertz CT molecular complexity index is 3090. The van der Waals surface area contributed by atoms with E-state index in [1.54, 1.807) is 48.5 Å². The van der Waals surface area contributed by atoms with Crippen molar-refractivity contribution >= 4 is 25.7 Å². The molecule has 8 aromatic carbocycles. The van der Waals surface area contributed by atoms with Crippen molar-refractivity contribution in [1.29, 1.82) is 0 Å². The molecule has 9 nitrogen and oxygen atoms in total. The molecule has 0 aromatic heterocycles. The van der Waals surface area contributed by atoms with E-state index in [-0.39, 0.29) is 21.3 Å². The third-order valence-corrected chi connectivity index (χ3v) is 12.7. The fraction of sp³-hybridized carbons (Fsp3) is 0.0392. The minimum atomic E-state index is -4.53. The molecule has 8 rings (SSSR count). The van der Waals surface area contributed by atoms with Crippen molar-refractivity contribution in [3.63, 3.8) is 0 Å². The van der Waals surface area contributed by atoms with Crippen LogP contribution < -0.4 is 14.2 Å². The molecule has 0 unspecified atom stereocenters. The topological polar surface area (TPSA) is 133 Å². The van der Waals surface area contributed by atoms with E-state index in [0.717, 1.165) is 57.6 Å². The van der Waals surface area contributed by atoms with Crippen LogP contribution in [0.5, 0.6) is 34.5 Å². The quantitative estimate of drug-likeness (QED) is 0.0888. The highest BCUT2D eigenvalue weighted by Gasteiger charge is 2.25. The van der Waals surface area contributed by atoms with E-state index in [0.29, 0.717) is 39.9 Å². The summed E-state index contributed by atoms with van der Waals surface area (Å²) in [6.45, 7) is 3.99. The van der Waals surface area contributed by atoms with Crippen LogP contribution in [-0.2, 0) is 20.0 Å². The average molecular weight is 859 g/mol. The predicted octanol–water partition coefficient (Wildman–Crippen LogP) is 12.3. The van der Waals surface area contributed by atoms with Crippen LogP contribution in [0, 0.1) is 13.8 Å². The Morgan fingerprint density at radius 1 is 0.403 bits per heavy atom. The van der Waals surface area contributed by atoms with Gasteiger partial charge >= 0.3 is 0 Å². The summed E-state index contributed by atoms with van der Waals surface area (Å²) in [7, 11) is -8.78. The molecule has 1 N–H and O–H groups in total. The van der Waals surface area contributed by atoms with Gasteiger partial charge in [0.15, 0.2) is 5.78 Å². The van der Waals surface area contributed by atoms with Gasteiger partial charge < -0.3 is 14.2 Å². The van der Waals surface area contributed by atoms with Gasteiger partial charge in [0, 0.05) is 17.2 Å². The first-order chi connectivity index (χ1) is 29.8. The fourth-order valence-corrected chi connectivity index (χ4v) is 8.45. The maximum absolute atomic E-state index is 14.0. The zero-order valence-corrected chi connectivity index (χ0v) is 35.1. The van der Waals surface area contributed by atoms with Gasteiger partial charge in [-0.3, -0.25) is 9.35 Å². The molecule has 11 heteroatoms. The zero-order chi connectivity index (χ0) is 43.4. The molecule has 308 valence electrons. The van der Waals surface area contributed by atoms with Crippen LogP contribution in [-0.4, -0.2) is 27.2 Å². The number of ether oxygens (including phenoxy) is 3. The summed E-state index contributed by atoms with van der Waals surface area (Å²) in [6.07, 6.45) is 0. The van der Waals surface area contributed by atoms with Crippen LogP contribution in [0.2, 0.25) is 0 Å². The summed E-state index contributed by atoms with van der Waals surface area (Å²) in [5.41, 5.74) is 7.25. The third kappa shape index (κ3) is 9.51. The summed E-state index contributed by atoms with van der Waals surface area (Å²) in [6, 6.07) is 53.5. The SMILES string of the molecule is Cc1ccc(C(=O)c2ccc(Oc3ccc(-c4ccc(Oc5ccc(S(=O)(=O)c6ccc(S(=O)(=O)O)cc6)c(Oc6ccc(-c7ccc(C)cc7)cc6)c5)cc4)cc3)cc2)cc1. The fourth-order valence-electron chi connectivity index (χ4n) is 6.61. The lowest BCUT2D eigenvalue weighted by Gasteiger charge is -2.15. The van der Waals surface area contributed by atoms with Crippen LogP contribution in [0.3, 0.4) is 0 Å². The number of aryl methyl sites for hydroxylation is 2. The first-order valence-electron chi connectivity index (χ1n) is 19.4. The van der Waals surface area contributed by atoms with Gasteiger partial charge in [0.2, 0.25) is 9.84 Å². The minimum Gasteiger partial charge on any atom is -0.457 e. The Balaban J connectivity index is 0.984. The highest BCUT2D eigenvalue weighted by atomic mass is 32.2. The van der Waals surface area contributed by atoms with Gasteiger partial charge in [-0.15, -0.1) is 0 Å². The first-order valence-corrected chi connectivity index (χ1v) is 22.3. The Morgan fingerprint density at radius 2 is 0.742 bits per heavy atom. The van der Waals surface area contributed by atoms with Gasteiger partial charge in [0.1, 0.15) is 39.4 Å². The lowest BCUT2D eigenvalue weighted by molar-refractivity contribution is 0.103. The Labute approximate surface area is 360 Å². The number of hydrogen-bond acceptors (Lipinski definition) is 8. The molecule has 0 fully saturated rings. The normalized spacial score (nSPS) is 11.5. The van der Waals surface area contributed by atoms with Gasteiger partial charge in [-0.1, -0.05) is 96.1 Å². The van der Waals surface area contributed by atoms with Gasteiger partial charge in [-0.25, -0.2) is 8.42 Å². The Kier molecular flexibility index (Phi) is 11.6. The van der Waals surface area contributed by atoms with Crippen molar-refractivity contribution in [3.8, 4) is 56.8 Å². The van der Waals surface area contributed by atoms with Crippen LogP contribution in [0.1, 0.15) is 27.0 Å². The Morgan fingerprint density at radius 3 is 1.19 bits per heavy atom. The maximum atomic E-state index is 14.0.